The van der Waals surface area contributed by atoms with E-state index in [0.29, 0.717) is 19.2 Å². The van der Waals surface area contributed by atoms with Crippen LogP contribution in [0.1, 0.15) is 38.7 Å². The number of benzene rings is 1. The van der Waals surface area contributed by atoms with Crippen LogP contribution in [0.4, 0.5) is 0 Å². The fourth-order valence-electron chi connectivity index (χ4n) is 3.54. The molecule has 1 aliphatic rings. The molecule has 0 saturated carbocycles. The highest BCUT2D eigenvalue weighted by molar-refractivity contribution is 14.0. The van der Waals surface area contributed by atoms with Crippen LogP contribution in [-0.2, 0) is 20.8 Å². The lowest BCUT2D eigenvalue weighted by Gasteiger charge is -2.34. The van der Waals surface area contributed by atoms with Gasteiger partial charge in [0.2, 0.25) is 5.91 Å². The van der Waals surface area contributed by atoms with E-state index < -0.39 is 0 Å². The first kappa shape index (κ1) is 27.6. The molecule has 1 aromatic rings. The molecule has 1 aliphatic heterocycles. The minimum Gasteiger partial charge on any atom is -0.385 e. The van der Waals surface area contributed by atoms with E-state index >= 15 is 0 Å². The second-order valence-electron chi connectivity index (χ2n) is 7.47. The van der Waals surface area contributed by atoms with Gasteiger partial charge in [0.1, 0.15) is 6.54 Å². The average Bonchev–Trinajstić information content (AvgIpc) is 2.79. The summed E-state index contributed by atoms with van der Waals surface area (Å²) in [4.78, 5) is 21.5. The zero-order chi connectivity index (χ0) is 21.6. The number of ether oxygens (including phenoxy) is 2. The van der Waals surface area contributed by atoms with E-state index in [2.05, 4.69) is 22.1 Å². The van der Waals surface area contributed by atoms with E-state index in [1.54, 1.807) is 7.11 Å². The number of nitrogens with one attached hydrogen (secondary N) is 1. The van der Waals surface area contributed by atoms with Gasteiger partial charge < -0.3 is 24.6 Å². The van der Waals surface area contributed by atoms with Gasteiger partial charge in [-0.15, -0.1) is 24.0 Å². The van der Waals surface area contributed by atoms with Gasteiger partial charge >= 0.3 is 0 Å². The minimum absolute atomic E-state index is 0. The van der Waals surface area contributed by atoms with Crippen molar-refractivity contribution in [3.05, 3.63) is 35.9 Å². The monoisotopic (exact) mass is 546 g/mol. The molecule has 0 aromatic heterocycles. The van der Waals surface area contributed by atoms with Crippen LogP contribution in [-0.4, -0.2) is 80.8 Å². The molecular formula is C23H39IN4O3. The molecule has 1 amide bonds. The first-order chi connectivity index (χ1) is 14.7. The maximum absolute atomic E-state index is 12.7. The quantitative estimate of drug-likeness (QED) is 0.200. The van der Waals surface area contributed by atoms with Crippen molar-refractivity contribution in [3.63, 3.8) is 0 Å². The molecule has 0 aliphatic carbocycles. The summed E-state index contributed by atoms with van der Waals surface area (Å²) >= 11 is 0. The Balaban J connectivity index is 0.00000480. The molecule has 0 unspecified atom stereocenters. The number of nitrogens with zero attached hydrogens (tertiary/aromatic N) is 3. The second-order valence-corrected chi connectivity index (χ2v) is 7.47. The standard InChI is InChI=1S/C23H38N4O3.HI/c1-4-24-23(27-14-12-21(13-15-27)30-17-9-16-29-3)25-18-22(28)26(5-2)19-20-10-7-6-8-11-20;/h6-8,10-11,21H,4-5,9,12-19H2,1-3H3,(H,24,25);1H. The predicted molar refractivity (Wildman–Crippen MR) is 136 cm³/mol. The highest BCUT2D eigenvalue weighted by atomic mass is 127. The number of likely N-dealkylation sites (N-methyl/N-ethyl adjacent to an activating group) is 1. The first-order valence-electron chi connectivity index (χ1n) is 11.1. The molecule has 1 aromatic carbocycles. The number of piperidine rings is 1. The summed E-state index contributed by atoms with van der Waals surface area (Å²) in [5, 5.41) is 3.34. The van der Waals surface area contributed by atoms with Crippen LogP contribution < -0.4 is 5.32 Å². The van der Waals surface area contributed by atoms with E-state index in [1.807, 2.05) is 42.2 Å². The topological polar surface area (TPSA) is 66.4 Å². The summed E-state index contributed by atoms with van der Waals surface area (Å²) in [5.74, 6) is 0.868. The SMILES string of the molecule is CCNC(=NCC(=O)N(CC)Cc1ccccc1)N1CCC(OCCCOC)CC1.I. The molecule has 31 heavy (non-hydrogen) atoms. The van der Waals surface area contributed by atoms with Gasteiger partial charge in [0, 0.05) is 53.0 Å². The van der Waals surface area contributed by atoms with Crippen LogP contribution in [0.25, 0.3) is 0 Å². The Kier molecular flexibility index (Phi) is 14.5. The molecule has 0 atom stereocenters. The van der Waals surface area contributed by atoms with Crippen molar-refractivity contribution in [2.45, 2.75) is 45.8 Å². The molecule has 0 radical (unpaired) electrons. The summed E-state index contributed by atoms with van der Waals surface area (Å²) in [7, 11) is 1.71. The Bertz CT molecular complexity index is 637. The fraction of sp³-hybridized carbons (Fsp3) is 0.652. The third kappa shape index (κ3) is 10.2. The van der Waals surface area contributed by atoms with Crippen LogP contribution in [0.5, 0.6) is 0 Å². The highest BCUT2D eigenvalue weighted by Gasteiger charge is 2.22. The summed E-state index contributed by atoms with van der Waals surface area (Å²) < 4.78 is 11.0. The van der Waals surface area contributed by atoms with Crippen molar-refractivity contribution in [1.29, 1.82) is 0 Å². The van der Waals surface area contributed by atoms with Crippen molar-refractivity contribution in [1.82, 2.24) is 15.1 Å². The first-order valence-corrected chi connectivity index (χ1v) is 11.1. The number of carbonyl (C=O) groups excluding carboxylic acids is 1. The zero-order valence-electron chi connectivity index (χ0n) is 19.2. The molecule has 176 valence electrons. The summed E-state index contributed by atoms with van der Waals surface area (Å²) in [5.41, 5.74) is 1.14. The lowest BCUT2D eigenvalue weighted by Crippen LogP contribution is -2.47. The molecule has 1 N–H and O–H groups in total. The van der Waals surface area contributed by atoms with Crippen molar-refractivity contribution >= 4 is 35.8 Å². The molecule has 1 heterocycles. The largest absolute Gasteiger partial charge is 0.385 e. The Hall–Kier alpha value is -1.39. The van der Waals surface area contributed by atoms with Gasteiger partial charge in [0.15, 0.2) is 5.96 Å². The Labute approximate surface area is 204 Å². The van der Waals surface area contributed by atoms with Crippen LogP contribution in [0, 0.1) is 0 Å². The van der Waals surface area contributed by atoms with Gasteiger partial charge in [-0.2, -0.15) is 0 Å². The summed E-state index contributed by atoms with van der Waals surface area (Å²) in [6.45, 7) is 9.55. The van der Waals surface area contributed by atoms with Gasteiger partial charge in [-0.05, 0) is 38.7 Å². The number of carbonyl (C=O) groups is 1. The molecular weight excluding hydrogens is 507 g/mol. The maximum Gasteiger partial charge on any atom is 0.244 e. The van der Waals surface area contributed by atoms with E-state index in [9.17, 15) is 4.79 Å². The van der Waals surface area contributed by atoms with E-state index in [4.69, 9.17) is 9.47 Å². The molecule has 1 saturated heterocycles. The van der Waals surface area contributed by atoms with Crippen LogP contribution in [0.3, 0.4) is 0 Å². The number of hydrogen-bond acceptors (Lipinski definition) is 4. The number of guanidine groups is 1. The average molecular weight is 546 g/mol. The smallest absolute Gasteiger partial charge is 0.244 e. The maximum atomic E-state index is 12.7. The number of rotatable bonds is 11. The van der Waals surface area contributed by atoms with Crippen molar-refractivity contribution in [2.75, 3.05) is 53.0 Å². The molecule has 7 nitrogen and oxygen atoms in total. The Morgan fingerprint density at radius 1 is 1.19 bits per heavy atom. The Morgan fingerprint density at radius 3 is 2.52 bits per heavy atom. The lowest BCUT2D eigenvalue weighted by atomic mass is 10.1. The summed E-state index contributed by atoms with van der Waals surface area (Å²) in [6.07, 6.45) is 3.17. The number of likely N-dealkylation sites (tertiary alicyclic amines) is 1. The highest BCUT2D eigenvalue weighted by Crippen LogP contribution is 2.14. The second kappa shape index (κ2) is 16.3. The molecule has 2 rings (SSSR count). The van der Waals surface area contributed by atoms with Gasteiger partial charge in [0.25, 0.3) is 0 Å². The van der Waals surface area contributed by atoms with Crippen LogP contribution >= 0.6 is 24.0 Å². The van der Waals surface area contributed by atoms with Crippen LogP contribution in [0.15, 0.2) is 35.3 Å². The molecule has 1 fully saturated rings. The van der Waals surface area contributed by atoms with Gasteiger partial charge in [-0.1, -0.05) is 30.3 Å². The van der Waals surface area contributed by atoms with Crippen molar-refractivity contribution in [2.24, 2.45) is 4.99 Å². The zero-order valence-corrected chi connectivity index (χ0v) is 21.5. The lowest BCUT2D eigenvalue weighted by molar-refractivity contribution is -0.130. The third-order valence-corrected chi connectivity index (χ3v) is 5.24. The number of aliphatic imine (C=N–C) groups is 1. The Morgan fingerprint density at radius 2 is 1.90 bits per heavy atom. The predicted octanol–water partition coefficient (Wildman–Crippen LogP) is 3.14. The van der Waals surface area contributed by atoms with Gasteiger partial charge in [-0.25, -0.2) is 4.99 Å². The number of amides is 1. The number of halogens is 1. The number of hydrogen-bond donors (Lipinski definition) is 1. The molecule has 0 spiro atoms. The minimum atomic E-state index is 0. The van der Waals surface area contributed by atoms with Gasteiger partial charge in [0.05, 0.1) is 6.10 Å². The van der Waals surface area contributed by atoms with Crippen LogP contribution in [0.2, 0.25) is 0 Å². The molecule has 8 heteroatoms. The van der Waals surface area contributed by atoms with E-state index in [-0.39, 0.29) is 36.4 Å². The van der Waals surface area contributed by atoms with E-state index in [1.165, 1.54) is 0 Å². The number of methoxy groups -OCH3 is 1. The third-order valence-electron chi connectivity index (χ3n) is 5.24. The van der Waals surface area contributed by atoms with Crippen molar-refractivity contribution < 1.29 is 14.3 Å². The summed E-state index contributed by atoms with van der Waals surface area (Å²) in [6, 6.07) is 10.1. The molecule has 0 bridgehead atoms. The van der Waals surface area contributed by atoms with Crippen molar-refractivity contribution in [3.8, 4) is 0 Å². The van der Waals surface area contributed by atoms with E-state index in [0.717, 1.165) is 63.6 Å². The van der Waals surface area contributed by atoms with Gasteiger partial charge in [-0.3, -0.25) is 4.79 Å². The fourth-order valence-corrected chi connectivity index (χ4v) is 3.54. The normalized spacial score (nSPS) is 14.8.